The standard InChI is InChI=1S/C25H24N2O6S/c1-14-20(24(29)33-5)21(16-12-17(30-2)22(32-4)18(13-16)31-3)27-23(28)19(34-25(27)26-14)11-15-9-7-6-8-10-15/h6-13,21H,1-5H3/t21-/m1/s1. The van der Waals surface area contributed by atoms with Gasteiger partial charge in [0, 0.05) is 0 Å². The number of aromatic nitrogens is 1. The van der Waals surface area contributed by atoms with Gasteiger partial charge in [0.2, 0.25) is 5.75 Å². The highest BCUT2D eigenvalue weighted by atomic mass is 32.1. The molecule has 0 N–H and O–H groups in total. The minimum absolute atomic E-state index is 0.260. The van der Waals surface area contributed by atoms with Gasteiger partial charge >= 0.3 is 5.97 Å². The van der Waals surface area contributed by atoms with Crippen LogP contribution in [0.3, 0.4) is 0 Å². The van der Waals surface area contributed by atoms with Gasteiger partial charge in [0.05, 0.1) is 50.3 Å². The van der Waals surface area contributed by atoms with Crippen LogP contribution < -0.4 is 29.1 Å². The van der Waals surface area contributed by atoms with Crippen LogP contribution in [0.5, 0.6) is 17.2 Å². The molecule has 0 radical (unpaired) electrons. The predicted octanol–water partition coefficient (Wildman–Crippen LogP) is 2.43. The summed E-state index contributed by atoms with van der Waals surface area (Å²) in [4.78, 5) is 31.5. The number of methoxy groups -OCH3 is 4. The Bertz CT molecular complexity index is 1430. The van der Waals surface area contributed by atoms with E-state index in [-0.39, 0.29) is 11.1 Å². The van der Waals surface area contributed by atoms with Gasteiger partial charge in [0.15, 0.2) is 16.3 Å². The maximum absolute atomic E-state index is 13.6. The van der Waals surface area contributed by atoms with Gasteiger partial charge < -0.3 is 18.9 Å². The molecule has 4 rings (SSSR count). The lowest BCUT2D eigenvalue weighted by Crippen LogP contribution is -2.39. The van der Waals surface area contributed by atoms with Crippen molar-refractivity contribution in [2.75, 3.05) is 28.4 Å². The molecule has 0 saturated carbocycles. The summed E-state index contributed by atoms with van der Waals surface area (Å²) in [7, 11) is 5.83. The van der Waals surface area contributed by atoms with Gasteiger partial charge in [0.25, 0.3) is 5.56 Å². The van der Waals surface area contributed by atoms with Crippen LogP contribution in [0.4, 0.5) is 0 Å². The molecule has 1 aliphatic heterocycles. The number of hydrogen-bond acceptors (Lipinski definition) is 8. The van der Waals surface area contributed by atoms with Crippen LogP contribution in [-0.4, -0.2) is 39.0 Å². The van der Waals surface area contributed by atoms with Crippen LogP contribution in [0, 0.1) is 0 Å². The Morgan fingerprint density at radius 1 is 1.03 bits per heavy atom. The summed E-state index contributed by atoms with van der Waals surface area (Å²) in [5.41, 5.74) is 1.95. The highest BCUT2D eigenvalue weighted by Gasteiger charge is 2.34. The summed E-state index contributed by atoms with van der Waals surface area (Å²) in [5.74, 6) is 0.646. The van der Waals surface area contributed by atoms with Crippen LogP contribution in [0.2, 0.25) is 0 Å². The van der Waals surface area contributed by atoms with E-state index in [4.69, 9.17) is 18.9 Å². The van der Waals surface area contributed by atoms with E-state index in [1.807, 2.05) is 36.4 Å². The fourth-order valence-electron chi connectivity index (χ4n) is 3.97. The number of carbonyl (C=O) groups excluding carboxylic acids is 1. The van der Waals surface area contributed by atoms with E-state index in [1.54, 1.807) is 19.1 Å². The van der Waals surface area contributed by atoms with Crippen molar-refractivity contribution < 1.29 is 23.7 Å². The molecule has 3 aromatic rings. The maximum atomic E-state index is 13.6. The Morgan fingerprint density at radius 2 is 1.68 bits per heavy atom. The zero-order valence-electron chi connectivity index (χ0n) is 19.4. The lowest BCUT2D eigenvalue weighted by atomic mass is 9.95. The average molecular weight is 481 g/mol. The van der Waals surface area contributed by atoms with Gasteiger partial charge in [0.1, 0.15) is 0 Å². The quantitative estimate of drug-likeness (QED) is 0.504. The van der Waals surface area contributed by atoms with Gasteiger partial charge in [-0.3, -0.25) is 9.36 Å². The van der Waals surface area contributed by atoms with Gasteiger partial charge in [-0.1, -0.05) is 41.7 Å². The minimum atomic E-state index is -0.796. The number of thiazole rings is 1. The van der Waals surface area contributed by atoms with Crippen molar-refractivity contribution in [2.45, 2.75) is 13.0 Å². The first kappa shape index (κ1) is 23.3. The summed E-state index contributed by atoms with van der Waals surface area (Å²) in [6, 6.07) is 12.2. The van der Waals surface area contributed by atoms with E-state index in [0.717, 1.165) is 5.56 Å². The van der Waals surface area contributed by atoms with E-state index in [0.29, 0.717) is 37.8 Å². The van der Waals surface area contributed by atoms with Crippen molar-refractivity contribution in [2.24, 2.45) is 4.99 Å². The first-order valence-corrected chi connectivity index (χ1v) is 11.2. The van der Waals surface area contributed by atoms with Crippen LogP contribution >= 0.6 is 11.3 Å². The zero-order valence-corrected chi connectivity index (χ0v) is 20.3. The van der Waals surface area contributed by atoms with Gasteiger partial charge in [-0.05, 0) is 36.3 Å². The summed E-state index contributed by atoms with van der Waals surface area (Å²) >= 11 is 1.26. The molecule has 2 aromatic carbocycles. The van der Waals surface area contributed by atoms with Crippen molar-refractivity contribution >= 4 is 23.4 Å². The SMILES string of the molecule is COC(=O)C1=C(C)N=c2sc(=Cc3ccccc3)c(=O)n2[C@@H]1c1cc(OC)c(OC)c(OC)c1. The van der Waals surface area contributed by atoms with Gasteiger partial charge in [-0.15, -0.1) is 0 Å². The molecule has 0 saturated heterocycles. The third-order valence-corrected chi connectivity index (χ3v) is 6.51. The Labute approximate surface area is 200 Å². The van der Waals surface area contributed by atoms with Gasteiger partial charge in [-0.25, -0.2) is 9.79 Å². The molecule has 9 heteroatoms. The van der Waals surface area contributed by atoms with E-state index in [1.165, 1.54) is 44.3 Å². The lowest BCUT2D eigenvalue weighted by molar-refractivity contribution is -0.136. The third-order valence-electron chi connectivity index (χ3n) is 5.53. The highest BCUT2D eigenvalue weighted by Crippen LogP contribution is 2.42. The Hall–Kier alpha value is -3.85. The van der Waals surface area contributed by atoms with Crippen molar-refractivity contribution in [3.63, 3.8) is 0 Å². The first-order chi connectivity index (χ1) is 16.4. The summed E-state index contributed by atoms with van der Waals surface area (Å²) in [6.45, 7) is 1.73. The summed E-state index contributed by atoms with van der Waals surface area (Å²) < 4.78 is 23.5. The number of hydrogen-bond donors (Lipinski definition) is 0. The molecule has 0 amide bonds. The molecule has 0 spiro atoms. The van der Waals surface area contributed by atoms with E-state index in [9.17, 15) is 9.59 Å². The Balaban J connectivity index is 2.03. The summed E-state index contributed by atoms with van der Waals surface area (Å²) in [6.07, 6.45) is 1.81. The third kappa shape index (κ3) is 3.99. The first-order valence-electron chi connectivity index (χ1n) is 10.4. The predicted molar refractivity (Wildman–Crippen MR) is 128 cm³/mol. The van der Waals surface area contributed by atoms with E-state index >= 15 is 0 Å². The number of benzene rings is 2. The van der Waals surface area contributed by atoms with Crippen molar-refractivity contribution in [1.82, 2.24) is 4.57 Å². The Kier molecular flexibility index (Phi) is 6.56. The second kappa shape index (κ2) is 9.56. The molecule has 176 valence electrons. The topological polar surface area (TPSA) is 88.4 Å². The van der Waals surface area contributed by atoms with E-state index in [2.05, 4.69) is 4.99 Å². The normalized spacial score (nSPS) is 15.4. The summed E-state index contributed by atoms with van der Waals surface area (Å²) in [5, 5.41) is 0. The molecule has 1 aliphatic rings. The zero-order chi connectivity index (χ0) is 24.4. The number of fused-ring (bicyclic) bond motifs is 1. The number of ether oxygens (including phenoxy) is 4. The molecule has 8 nitrogen and oxygen atoms in total. The number of allylic oxidation sites excluding steroid dienone is 1. The van der Waals surface area contributed by atoms with Crippen LogP contribution in [0.15, 0.2) is 63.5 Å². The fourth-order valence-corrected chi connectivity index (χ4v) is 5.01. The van der Waals surface area contributed by atoms with Gasteiger partial charge in [-0.2, -0.15) is 0 Å². The lowest BCUT2D eigenvalue weighted by Gasteiger charge is -2.25. The van der Waals surface area contributed by atoms with Crippen molar-refractivity contribution in [3.8, 4) is 17.2 Å². The molecular weight excluding hydrogens is 456 g/mol. The molecule has 0 bridgehead atoms. The number of rotatable bonds is 6. The van der Waals surface area contributed by atoms with Crippen LogP contribution in [0.1, 0.15) is 24.1 Å². The molecule has 0 aliphatic carbocycles. The van der Waals surface area contributed by atoms with Crippen molar-refractivity contribution in [3.05, 3.63) is 84.5 Å². The molecule has 1 atom stereocenters. The second-order valence-corrected chi connectivity index (χ2v) is 8.45. The highest BCUT2D eigenvalue weighted by molar-refractivity contribution is 7.07. The number of esters is 1. The second-order valence-electron chi connectivity index (χ2n) is 7.44. The van der Waals surface area contributed by atoms with Crippen LogP contribution in [-0.2, 0) is 9.53 Å². The largest absolute Gasteiger partial charge is 0.493 e. The number of carbonyl (C=O) groups is 1. The monoisotopic (exact) mass is 480 g/mol. The fraction of sp³-hybridized carbons (Fsp3) is 0.240. The smallest absolute Gasteiger partial charge is 0.338 e. The van der Waals surface area contributed by atoms with E-state index < -0.39 is 12.0 Å². The number of nitrogens with zero attached hydrogens (tertiary/aromatic N) is 2. The molecule has 1 aromatic heterocycles. The van der Waals surface area contributed by atoms with Crippen LogP contribution in [0.25, 0.3) is 6.08 Å². The molecule has 34 heavy (non-hydrogen) atoms. The Morgan fingerprint density at radius 3 is 2.24 bits per heavy atom. The minimum Gasteiger partial charge on any atom is -0.493 e. The molecular formula is C25H24N2O6S. The average Bonchev–Trinajstić information content (AvgIpc) is 3.16. The molecule has 0 fully saturated rings. The maximum Gasteiger partial charge on any atom is 0.338 e. The van der Waals surface area contributed by atoms with Crippen molar-refractivity contribution in [1.29, 1.82) is 0 Å². The molecule has 2 heterocycles. The molecule has 0 unspecified atom stereocenters.